The van der Waals surface area contributed by atoms with Gasteiger partial charge in [-0.2, -0.15) is 5.26 Å². The molecule has 0 N–H and O–H groups in total. The molecule has 2 aromatic heterocycles. The smallest absolute Gasteiger partial charge is 0.135 e. The summed E-state index contributed by atoms with van der Waals surface area (Å²) in [4.78, 5) is 0. The van der Waals surface area contributed by atoms with Crippen LogP contribution in [-0.4, -0.2) is 4.57 Å². The Morgan fingerprint density at radius 3 is 2.00 bits per heavy atom. The van der Waals surface area contributed by atoms with Crippen LogP contribution in [0.1, 0.15) is 31.9 Å². The average molecular weight is 491 g/mol. The van der Waals surface area contributed by atoms with E-state index in [1.807, 2.05) is 18.2 Å². The van der Waals surface area contributed by atoms with Gasteiger partial charge in [0.25, 0.3) is 0 Å². The summed E-state index contributed by atoms with van der Waals surface area (Å²) in [5, 5.41) is 13.8. The number of aromatic nitrogens is 1. The van der Waals surface area contributed by atoms with Gasteiger partial charge in [-0.3, -0.25) is 0 Å². The van der Waals surface area contributed by atoms with Crippen molar-refractivity contribution < 1.29 is 4.42 Å². The molecule has 0 aliphatic rings. The molecule has 0 aliphatic carbocycles. The molecule has 0 amide bonds. The lowest BCUT2D eigenvalue weighted by Crippen LogP contribution is -2.10. The Morgan fingerprint density at radius 2 is 1.26 bits per heavy atom. The molecular weight excluding hydrogens is 464 g/mol. The van der Waals surface area contributed by atoms with Crippen molar-refractivity contribution in [2.24, 2.45) is 0 Å². The third-order valence-corrected chi connectivity index (χ3v) is 7.60. The van der Waals surface area contributed by atoms with E-state index < -0.39 is 0 Å². The Morgan fingerprint density at radius 1 is 0.632 bits per heavy atom. The molecule has 38 heavy (non-hydrogen) atoms. The second-order valence-corrected chi connectivity index (χ2v) is 11.0. The summed E-state index contributed by atoms with van der Waals surface area (Å²) in [6.45, 7) is 6.74. The van der Waals surface area contributed by atoms with E-state index in [0.29, 0.717) is 5.56 Å². The number of benzene rings is 5. The Kier molecular flexibility index (Phi) is 4.77. The van der Waals surface area contributed by atoms with E-state index in [9.17, 15) is 5.26 Å². The molecule has 0 saturated carbocycles. The first-order valence-corrected chi connectivity index (χ1v) is 12.9. The highest BCUT2D eigenvalue weighted by Gasteiger charge is 2.16. The van der Waals surface area contributed by atoms with Crippen LogP contribution in [0.25, 0.3) is 60.6 Å². The average Bonchev–Trinajstić information content (AvgIpc) is 3.47. The van der Waals surface area contributed by atoms with Crippen LogP contribution < -0.4 is 0 Å². The number of hydrogen-bond acceptors (Lipinski definition) is 2. The minimum atomic E-state index is 0.117. The molecule has 3 heteroatoms. The molecule has 0 saturated heterocycles. The summed E-state index contributed by atoms with van der Waals surface area (Å²) < 4.78 is 8.40. The molecule has 0 atom stereocenters. The topological polar surface area (TPSA) is 41.9 Å². The maximum atomic E-state index is 9.38. The monoisotopic (exact) mass is 490 g/mol. The van der Waals surface area contributed by atoms with Crippen LogP contribution in [0, 0.1) is 11.3 Å². The molecule has 7 rings (SSSR count). The lowest BCUT2D eigenvalue weighted by molar-refractivity contribution is 0.590. The zero-order valence-corrected chi connectivity index (χ0v) is 21.6. The first kappa shape index (κ1) is 22.4. The van der Waals surface area contributed by atoms with Crippen LogP contribution in [0.3, 0.4) is 0 Å². The fraction of sp³-hybridized carbons (Fsp3) is 0.114. The van der Waals surface area contributed by atoms with Gasteiger partial charge >= 0.3 is 0 Å². The van der Waals surface area contributed by atoms with Crippen molar-refractivity contribution in [2.75, 3.05) is 0 Å². The van der Waals surface area contributed by atoms with Crippen molar-refractivity contribution in [1.82, 2.24) is 4.57 Å². The zero-order chi connectivity index (χ0) is 26.0. The molecule has 0 bridgehead atoms. The molecule has 0 spiro atoms. The van der Waals surface area contributed by atoms with Gasteiger partial charge in [-0.1, -0.05) is 63.2 Å². The summed E-state index contributed by atoms with van der Waals surface area (Å²) in [5.74, 6) is 0. The molecule has 0 unspecified atom stereocenters. The predicted molar refractivity (Wildman–Crippen MR) is 157 cm³/mol. The Labute approximate surface area is 221 Å². The highest BCUT2D eigenvalue weighted by atomic mass is 16.3. The largest absolute Gasteiger partial charge is 0.456 e. The van der Waals surface area contributed by atoms with Crippen molar-refractivity contribution in [3.8, 4) is 22.9 Å². The van der Waals surface area contributed by atoms with Crippen molar-refractivity contribution in [3.05, 3.63) is 114 Å². The number of nitriles is 1. The highest BCUT2D eigenvalue weighted by molar-refractivity contribution is 6.11. The van der Waals surface area contributed by atoms with Gasteiger partial charge in [0.05, 0.1) is 22.7 Å². The first-order valence-electron chi connectivity index (χ1n) is 12.9. The Hall–Kier alpha value is -4.81. The normalized spacial score (nSPS) is 12.1. The number of hydrogen-bond donors (Lipinski definition) is 0. The molecule has 2 heterocycles. The molecular formula is C35H26N2O. The number of nitrogens with zero attached hydrogens (tertiary/aromatic N) is 2. The van der Waals surface area contributed by atoms with Crippen LogP contribution in [0.4, 0.5) is 0 Å². The highest BCUT2D eigenvalue weighted by Crippen LogP contribution is 2.37. The van der Waals surface area contributed by atoms with Crippen LogP contribution >= 0.6 is 0 Å². The number of rotatable bonds is 2. The number of fused-ring (bicyclic) bond motifs is 6. The molecule has 5 aromatic carbocycles. The third-order valence-electron chi connectivity index (χ3n) is 7.60. The van der Waals surface area contributed by atoms with Crippen LogP contribution in [-0.2, 0) is 5.41 Å². The van der Waals surface area contributed by atoms with Crippen molar-refractivity contribution >= 4 is 43.7 Å². The van der Waals surface area contributed by atoms with Crippen molar-refractivity contribution in [1.29, 1.82) is 5.26 Å². The lowest BCUT2D eigenvalue weighted by atomic mass is 9.87. The van der Waals surface area contributed by atoms with Crippen LogP contribution in [0.2, 0.25) is 0 Å². The van der Waals surface area contributed by atoms with Gasteiger partial charge in [0.2, 0.25) is 0 Å². The van der Waals surface area contributed by atoms with Gasteiger partial charge in [-0.25, -0.2) is 0 Å². The van der Waals surface area contributed by atoms with Crippen molar-refractivity contribution in [3.63, 3.8) is 0 Å². The predicted octanol–water partition coefficient (Wildman–Crippen LogP) is 9.52. The summed E-state index contributed by atoms with van der Waals surface area (Å²) in [6, 6.07) is 38.4. The van der Waals surface area contributed by atoms with E-state index in [1.54, 1.807) is 6.07 Å². The minimum Gasteiger partial charge on any atom is -0.456 e. The Bertz CT molecular complexity index is 2060. The number of para-hydroxylation sites is 1. The first-order chi connectivity index (χ1) is 18.4. The van der Waals surface area contributed by atoms with E-state index in [0.717, 1.165) is 38.8 Å². The Balaban J connectivity index is 1.41. The second-order valence-electron chi connectivity index (χ2n) is 11.0. The fourth-order valence-corrected chi connectivity index (χ4v) is 5.57. The molecule has 0 radical (unpaired) electrons. The van der Waals surface area contributed by atoms with Gasteiger partial charge < -0.3 is 8.98 Å². The summed E-state index contributed by atoms with van der Waals surface area (Å²) >= 11 is 0. The van der Waals surface area contributed by atoms with E-state index >= 15 is 0 Å². The van der Waals surface area contributed by atoms with Gasteiger partial charge in [0.15, 0.2) is 0 Å². The standard InChI is InChI=1S/C35H26N2O/c1-35(2,3)25-11-13-26(14-12-25)37-31-7-5-4-6-27(31)28-19-23(9-15-32(28)37)24-10-17-34-30(20-24)29-18-22(21-36)8-16-33(29)38-34/h4-20H,1-3H3. The lowest BCUT2D eigenvalue weighted by Gasteiger charge is -2.19. The van der Waals surface area contributed by atoms with Crippen LogP contribution in [0.5, 0.6) is 0 Å². The minimum absolute atomic E-state index is 0.117. The fourth-order valence-electron chi connectivity index (χ4n) is 5.57. The van der Waals surface area contributed by atoms with Gasteiger partial charge in [-0.05, 0) is 82.8 Å². The number of furan rings is 1. The van der Waals surface area contributed by atoms with E-state index in [-0.39, 0.29) is 5.41 Å². The van der Waals surface area contributed by atoms with Gasteiger partial charge in [-0.15, -0.1) is 0 Å². The molecule has 182 valence electrons. The van der Waals surface area contributed by atoms with Crippen molar-refractivity contribution in [2.45, 2.75) is 26.2 Å². The van der Waals surface area contributed by atoms with Crippen LogP contribution in [0.15, 0.2) is 108 Å². The van der Waals surface area contributed by atoms with E-state index in [4.69, 9.17) is 4.42 Å². The zero-order valence-electron chi connectivity index (χ0n) is 21.6. The van der Waals surface area contributed by atoms with E-state index in [2.05, 4.69) is 110 Å². The van der Waals surface area contributed by atoms with Gasteiger partial charge in [0.1, 0.15) is 11.2 Å². The third kappa shape index (κ3) is 3.42. The second kappa shape index (κ2) is 8.10. The summed E-state index contributed by atoms with van der Waals surface area (Å²) in [7, 11) is 0. The molecule has 7 aromatic rings. The SMILES string of the molecule is CC(C)(C)c1ccc(-n2c3ccccc3c3cc(-c4ccc5oc6ccc(C#N)cc6c5c4)ccc32)cc1. The molecule has 3 nitrogen and oxygen atoms in total. The quantitative estimate of drug-likeness (QED) is 0.242. The maximum Gasteiger partial charge on any atom is 0.135 e. The summed E-state index contributed by atoms with van der Waals surface area (Å²) in [6.07, 6.45) is 0. The molecule has 0 fully saturated rings. The molecule has 0 aliphatic heterocycles. The van der Waals surface area contributed by atoms with E-state index in [1.165, 1.54) is 27.4 Å². The van der Waals surface area contributed by atoms with Gasteiger partial charge in [0, 0.05) is 27.2 Å². The summed E-state index contributed by atoms with van der Waals surface area (Å²) in [5.41, 5.74) is 9.52. The maximum absolute atomic E-state index is 9.38.